The van der Waals surface area contributed by atoms with Crippen molar-refractivity contribution in [2.45, 2.75) is 70.6 Å². The van der Waals surface area contributed by atoms with E-state index in [0.29, 0.717) is 0 Å². The van der Waals surface area contributed by atoms with Crippen molar-refractivity contribution in [3.05, 3.63) is 65.7 Å². The third kappa shape index (κ3) is 4.72. The van der Waals surface area contributed by atoms with Crippen molar-refractivity contribution in [3.8, 4) is 5.75 Å². The number of rotatable bonds is 6. The average molecular weight is 368 g/mol. The van der Waals surface area contributed by atoms with Crippen molar-refractivity contribution in [2.24, 2.45) is 0 Å². The van der Waals surface area contributed by atoms with Crippen molar-refractivity contribution in [1.82, 2.24) is 5.06 Å². The smallest absolute Gasteiger partial charge is 0.118 e. The fourth-order valence-corrected chi connectivity index (χ4v) is 4.25. The highest BCUT2D eigenvalue weighted by atomic mass is 16.7. The SMILES string of the molecule is COc1ccc(C(Cc2ccccc2)ON2C(C)(C)CCCC2(C)C)cc1. The van der Waals surface area contributed by atoms with Crippen molar-refractivity contribution in [3.63, 3.8) is 0 Å². The normalized spacial score (nSPS) is 20.2. The Morgan fingerprint density at radius 2 is 1.48 bits per heavy atom. The minimum atomic E-state index is -0.0324. The Hall–Kier alpha value is -1.84. The first-order chi connectivity index (χ1) is 12.8. The number of hydroxylamine groups is 2. The van der Waals surface area contributed by atoms with Gasteiger partial charge in [-0.15, -0.1) is 0 Å². The highest BCUT2D eigenvalue weighted by Crippen LogP contribution is 2.41. The Kier molecular flexibility index (Phi) is 5.92. The fourth-order valence-electron chi connectivity index (χ4n) is 4.25. The zero-order chi connectivity index (χ0) is 19.5. The number of ether oxygens (including phenoxy) is 1. The topological polar surface area (TPSA) is 21.7 Å². The molecular formula is C24H33NO2. The molecule has 1 fully saturated rings. The lowest BCUT2D eigenvalue weighted by atomic mass is 9.82. The van der Waals surface area contributed by atoms with Gasteiger partial charge in [-0.05, 0) is 70.2 Å². The third-order valence-electron chi connectivity index (χ3n) is 5.66. The number of piperidine rings is 1. The molecule has 0 aliphatic carbocycles. The fraction of sp³-hybridized carbons (Fsp3) is 0.500. The maximum atomic E-state index is 6.78. The van der Waals surface area contributed by atoms with Crippen LogP contribution in [0.25, 0.3) is 0 Å². The molecule has 1 saturated heterocycles. The molecule has 146 valence electrons. The van der Waals surface area contributed by atoms with Gasteiger partial charge in [0, 0.05) is 17.5 Å². The Morgan fingerprint density at radius 3 is 2.04 bits per heavy atom. The molecule has 0 amide bonds. The number of methoxy groups -OCH3 is 1. The van der Waals surface area contributed by atoms with Gasteiger partial charge in [-0.3, -0.25) is 4.84 Å². The molecule has 2 aromatic rings. The van der Waals surface area contributed by atoms with E-state index in [9.17, 15) is 0 Å². The summed E-state index contributed by atoms with van der Waals surface area (Å²) in [6.45, 7) is 9.17. The molecule has 0 N–H and O–H groups in total. The van der Waals surface area contributed by atoms with Crippen LogP contribution in [0.3, 0.4) is 0 Å². The minimum Gasteiger partial charge on any atom is -0.497 e. The quantitative estimate of drug-likeness (QED) is 0.629. The summed E-state index contributed by atoms with van der Waals surface area (Å²) in [6, 6.07) is 18.9. The molecule has 1 aliphatic heterocycles. The number of hydrogen-bond acceptors (Lipinski definition) is 3. The largest absolute Gasteiger partial charge is 0.497 e. The van der Waals surface area contributed by atoms with E-state index < -0.39 is 0 Å². The number of nitrogens with zero attached hydrogens (tertiary/aromatic N) is 1. The van der Waals surface area contributed by atoms with E-state index in [4.69, 9.17) is 9.57 Å². The van der Waals surface area contributed by atoms with Crippen LogP contribution in [0.2, 0.25) is 0 Å². The Morgan fingerprint density at radius 1 is 0.889 bits per heavy atom. The maximum Gasteiger partial charge on any atom is 0.118 e. The van der Waals surface area contributed by atoms with E-state index in [-0.39, 0.29) is 17.2 Å². The molecule has 3 nitrogen and oxygen atoms in total. The van der Waals surface area contributed by atoms with Gasteiger partial charge < -0.3 is 4.74 Å². The molecule has 1 atom stereocenters. The van der Waals surface area contributed by atoms with E-state index in [1.807, 2.05) is 12.1 Å². The molecule has 3 rings (SSSR count). The second-order valence-corrected chi connectivity index (χ2v) is 8.83. The van der Waals surface area contributed by atoms with Crippen LogP contribution in [0.15, 0.2) is 54.6 Å². The highest BCUT2D eigenvalue weighted by Gasteiger charge is 2.43. The predicted octanol–water partition coefficient (Wildman–Crippen LogP) is 5.95. The molecule has 0 saturated carbocycles. The van der Waals surface area contributed by atoms with Crippen molar-refractivity contribution in [1.29, 1.82) is 0 Å². The number of hydrogen-bond donors (Lipinski definition) is 0. The Labute approximate surface area is 164 Å². The molecule has 0 aromatic heterocycles. The summed E-state index contributed by atoms with van der Waals surface area (Å²) in [5.74, 6) is 0.871. The molecule has 1 unspecified atom stereocenters. The summed E-state index contributed by atoms with van der Waals surface area (Å²) in [5, 5.41) is 2.27. The monoisotopic (exact) mass is 367 g/mol. The van der Waals surface area contributed by atoms with Gasteiger partial charge in [0.1, 0.15) is 11.9 Å². The van der Waals surface area contributed by atoms with E-state index >= 15 is 0 Å². The zero-order valence-corrected chi connectivity index (χ0v) is 17.4. The lowest BCUT2D eigenvalue weighted by Crippen LogP contribution is -2.58. The molecule has 2 aromatic carbocycles. The van der Waals surface area contributed by atoms with Crippen molar-refractivity contribution in [2.75, 3.05) is 7.11 Å². The van der Waals surface area contributed by atoms with Gasteiger partial charge in [0.15, 0.2) is 0 Å². The molecule has 3 heteroatoms. The van der Waals surface area contributed by atoms with Gasteiger partial charge in [-0.1, -0.05) is 42.5 Å². The Bertz CT molecular complexity index is 706. The van der Waals surface area contributed by atoms with Crippen LogP contribution in [-0.2, 0) is 11.3 Å². The van der Waals surface area contributed by atoms with Gasteiger partial charge >= 0.3 is 0 Å². The molecule has 1 heterocycles. The summed E-state index contributed by atoms with van der Waals surface area (Å²) < 4.78 is 5.33. The van der Waals surface area contributed by atoms with Crippen LogP contribution in [0.4, 0.5) is 0 Å². The standard InChI is InChI=1S/C24H33NO2/c1-23(2)16-9-17-24(3,4)25(23)27-22(18-19-10-7-6-8-11-19)20-12-14-21(26-5)15-13-20/h6-8,10-15,22H,9,16-18H2,1-5H3. The van der Waals surface area contributed by atoms with E-state index in [1.165, 1.54) is 17.5 Å². The summed E-state index contributed by atoms with van der Waals surface area (Å²) in [4.78, 5) is 6.78. The van der Waals surface area contributed by atoms with Gasteiger partial charge in [0.2, 0.25) is 0 Å². The second kappa shape index (κ2) is 8.04. The number of benzene rings is 2. The first-order valence-corrected chi connectivity index (χ1v) is 9.97. The molecular weight excluding hydrogens is 334 g/mol. The van der Waals surface area contributed by atoms with Crippen LogP contribution in [0.1, 0.15) is 64.2 Å². The van der Waals surface area contributed by atoms with Crippen LogP contribution < -0.4 is 4.74 Å². The second-order valence-electron chi connectivity index (χ2n) is 8.83. The molecule has 0 radical (unpaired) electrons. The van der Waals surface area contributed by atoms with Crippen LogP contribution in [0.5, 0.6) is 5.75 Å². The van der Waals surface area contributed by atoms with Crippen LogP contribution in [-0.4, -0.2) is 23.3 Å². The average Bonchev–Trinajstić information content (AvgIpc) is 2.64. The first-order valence-electron chi connectivity index (χ1n) is 9.97. The van der Waals surface area contributed by atoms with E-state index in [0.717, 1.165) is 25.0 Å². The highest BCUT2D eigenvalue weighted by molar-refractivity contribution is 5.30. The van der Waals surface area contributed by atoms with Crippen LogP contribution >= 0.6 is 0 Å². The van der Waals surface area contributed by atoms with Crippen molar-refractivity contribution < 1.29 is 9.57 Å². The molecule has 1 aliphatic rings. The summed E-state index contributed by atoms with van der Waals surface area (Å²) in [5.41, 5.74) is 2.49. The Balaban J connectivity index is 1.90. The lowest BCUT2D eigenvalue weighted by molar-refractivity contribution is -0.307. The molecule has 0 spiro atoms. The minimum absolute atomic E-state index is 0.0170. The predicted molar refractivity (Wildman–Crippen MR) is 111 cm³/mol. The van der Waals surface area contributed by atoms with Gasteiger partial charge in [0.25, 0.3) is 0 Å². The van der Waals surface area contributed by atoms with Crippen LogP contribution in [0, 0.1) is 0 Å². The summed E-state index contributed by atoms with van der Waals surface area (Å²) >= 11 is 0. The van der Waals surface area contributed by atoms with Gasteiger partial charge in [-0.2, -0.15) is 5.06 Å². The molecule has 27 heavy (non-hydrogen) atoms. The van der Waals surface area contributed by atoms with Gasteiger partial charge in [-0.25, -0.2) is 0 Å². The lowest BCUT2D eigenvalue weighted by Gasteiger charge is -2.52. The summed E-state index contributed by atoms with van der Waals surface area (Å²) in [7, 11) is 1.70. The van der Waals surface area contributed by atoms with Gasteiger partial charge in [0.05, 0.1) is 7.11 Å². The van der Waals surface area contributed by atoms with E-state index in [1.54, 1.807) is 7.11 Å². The summed E-state index contributed by atoms with van der Waals surface area (Å²) in [6.07, 6.45) is 4.35. The maximum absolute atomic E-state index is 6.78. The first kappa shape index (κ1) is 19.9. The molecule has 0 bridgehead atoms. The third-order valence-corrected chi connectivity index (χ3v) is 5.66. The zero-order valence-electron chi connectivity index (χ0n) is 17.4. The van der Waals surface area contributed by atoms with Crippen molar-refractivity contribution >= 4 is 0 Å². The van der Waals surface area contributed by atoms with E-state index in [2.05, 4.69) is 75.2 Å².